The van der Waals surface area contributed by atoms with E-state index in [1.165, 1.54) is 31.4 Å². The molecular weight excluding hydrogens is 438 g/mol. The average molecular weight is 460 g/mol. The molecule has 2 aromatic carbocycles. The number of amides is 2. The highest BCUT2D eigenvalue weighted by Gasteiger charge is 2.39. The van der Waals surface area contributed by atoms with E-state index < -0.39 is 16.7 Å². The van der Waals surface area contributed by atoms with Gasteiger partial charge in [0.05, 0.1) is 22.6 Å². The molecule has 1 aliphatic heterocycles. The van der Waals surface area contributed by atoms with Crippen molar-refractivity contribution in [2.45, 2.75) is 13.3 Å². The Bertz CT molecular complexity index is 1070. The number of hydrogen-bond donors (Lipinski definition) is 1. The molecule has 0 bridgehead atoms. The molecular formula is C22H22ClN3O6. The highest BCUT2D eigenvalue weighted by atomic mass is 35.5. The zero-order chi connectivity index (χ0) is 23.3. The molecule has 0 aliphatic carbocycles. The summed E-state index contributed by atoms with van der Waals surface area (Å²) in [4.78, 5) is 37.9. The van der Waals surface area contributed by atoms with Gasteiger partial charge in [-0.05, 0) is 49.2 Å². The van der Waals surface area contributed by atoms with Crippen LogP contribution in [0.1, 0.15) is 18.9 Å². The number of benzene rings is 2. The molecule has 168 valence electrons. The highest BCUT2D eigenvalue weighted by Crippen LogP contribution is 2.33. The second-order valence-electron chi connectivity index (χ2n) is 6.84. The third kappa shape index (κ3) is 4.90. The molecule has 0 saturated heterocycles. The highest BCUT2D eigenvalue weighted by molar-refractivity contribution is 6.36. The van der Waals surface area contributed by atoms with Crippen LogP contribution in [0.25, 0.3) is 5.57 Å². The molecule has 0 saturated carbocycles. The van der Waals surface area contributed by atoms with Crippen molar-refractivity contribution in [3.05, 3.63) is 68.9 Å². The first-order valence-corrected chi connectivity index (χ1v) is 10.3. The Labute approximate surface area is 189 Å². The predicted molar refractivity (Wildman–Crippen MR) is 119 cm³/mol. The lowest BCUT2D eigenvalue weighted by Gasteiger charge is -2.15. The van der Waals surface area contributed by atoms with Crippen LogP contribution in [0.4, 0.5) is 11.4 Å². The van der Waals surface area contributed by atoms with Crippen LogP contribution in [0.5, 0.6) is 5.75 Å². The summed E-state index contributed by atoms with van der Waals surface area (Å²) in [6.07, 6.45) is 0.487. The fourth-order valence-corrected chi connectivity index (χ4v) is 3.53. The zero-order valence-electron chi connectivity index (χ0n) is 17.6. The number of nitrogens with zero attached hydrogens (tertiary/aromatic N) is 2. The van der Waals surface area contributed by atoms with E-state index in [0.717, 1.165) is 4.90 Å². The third-order valence-electron chi connectivity index (χ3n) is 4.83. The van der Waals surface area contributed by atoms with E-state index in [1.54, 1.807) is 18.2 Å². The first-order chi connectivity index (χ1) is 15.4. The minimum Gasteiger partial charge on any atom is -0.495 e. The lowest BCUT2D eigenvalue weighted by atomic mass is 10.0. The van der Waals surface area contributed by atoms with Crippen molar-refractivity contribution in [3.8, 4) is 5.75 Å². The third-order valence-corrected chi connectivity index (χ3v) is 5.13. The molecule has 0 aromatic heterocycles. The van der Waals surface area contributed by atoms with Crippen molar-refractivity contribution >= 4 is 40.4 Å². The van der Waals surface area contributed by atoms with Crippen molar-refractivity contribution in [3.63, 3.8) is 0 Å². The van der Waals surface area contributed by atoms with Crippen molar-refractivity contribution in [1.82, 2.24) is 4.90 Å². The van der Waals surface area contributed by atoms with E-state index in [1.807, 2.05) is 6.92 Å². The number of ether oxygens (including phenoxy) is 2. The Morgan fingerprint density at radius 2 is 1.84 bits per heavy atom. The number of anilines is 1. The summed E-state index contributed by atoms with van der Waals surface area (Å²) in [5.74, 6) is -0.512. The number of methoxy groups -OCH3 is 1. The molecule has 2 aromatic rings. The topological polar surface area (TPSA) is 111 Å². The second kappa shape index (κ2) is 10.3. The van der Waals surface area contributed by atoms with Gasteiger partial charge in [0.15, 0.2) is 0 Å². The number of nitrogens with one attached hydrogen (secondary N) is 1. The maximum absolute atomic E-state index is 13.2. The van der Waals surface area contributed by atoms with Gasteiger partial charge in [0.1, 0.15) is 11.4 Å². The van der Waals surface area contributed by atoms with E-state index in [-0.39, 0.29) is 23.5 Å². The molecule has 1 aliphatic rings. The number of carbonyl (C=O) groups excluding carboxylic acids is 2. The summed E-state index contributed by atoms with van der Waals surface area (Å²) in [5, 5.41) is 14.3. The van der Waals surface area contributed by atoms with Crippen molar-refractivity contribution < 1.29 is 24.0 Å². The maximum atomic E-state index is 13.2. The number of nitro groups is 1. The molecule has 1 heterocycles. The smallest absolute Gasteiger partial charge is 0.278 e. The summed E-state index contributed by atoms with van der Waals surface area (Å²) < 4.78 is 10.4. The molecule has 10 heteroatoms. The molecule has 0 unspecified atom stereocenters. The number of carbonyl (C=O) groups is 2. The quantitative estimate of drug-likeness (QED) is 0.248. The fraction of sp³-hybridized carbons (Fsp3) is 0.273. The molecule has 2 amide bonds. The number of halogens is 1. The Hall–Kier alpha value is -3.43. The number of hydrogen-bond acceptors (Lipinski definition) is 7. The summed E-state index contributed by atoms with van der Waals surface area (Å²) in [5.41, 5.74) is 0.969. The number of nitro benzene ring substituents is 1. The van der Waals surface area contributed by atoms with Gasteiger partial charge in [-0.15, -0.1) is 0 Å². The number of non-ortho nitro benzene ring substituents is 1. The predicted octanol–water partition coefficient (Wildman–Crippen LogP) is 3.88. The van der Waals surface area contributed by atoms with Gasteiger partial charge in [-0.1, -0.05) is 11.6 Å². The molecule has 3 rings (SSSR count). The van der Waals surface area contributed by atoms with Gasteiger partial charge in [-0.2, -0.15) is 0 Å². The van der Waals surface area contributed by atoms with Crippen molar-refractivity contribution in [2.75, 3.05) is 32.2 Å². The van der Waals surface area contributed by atoms with Gasteiger partial charge in [-0.25, -0.2) is 0 Å². The Kier molecular flexibility index (Phi) is 7.45. The van der Waals surface area contributed by atoms with Crippen LogP contribution in [0.3, 0.4) is 0 Å². The van der Waals surface area contributed by atoms with Gasteiger partial charge < -0.3 is 14.8 Å². The van der Waals surface area contributed by atoms with Crippen LogP contribution in [0.15, 0.2) is 48.2 Å². The Morgan fingerprint density at radius 3 is 2.44 bits per heavy atom. The van der Waals surface area contributed by atoms with Gasteiger partial charge in [0, 0.05) is 37.6 Å². The van der Waals surface area contributed by atoms with Crippen LogP contribution >= 0.6 is 11.6 Å². The summed E-state index contributed by atoms with van der Waals surface area (Å²) in [6, 6.07) is 10.4. The summed E-state index contributed by atoms with van der Waals surface area (Å²) >= 11 is 6.19. The van der Waals surface area contributed by atoms with Gasteiger partial charge in [0.25, 0.3) is 17.5 Å². The Morgan fingerprint density at radius 1 is 1.12 bits per heavy atom. The summed E-state index contributed by atoms with van der Waals surface area (Å²) in [6.45, 7) is 3.00. The zero-order valence-corrected chi connectivity index (χ0v) is 18.3. The van der Waals surface area contributed by atoms with E-state index in [9.17, 15) is 19.7 Å². The van der Waals surface area contributed by atoms with Gasteiger partial charge >= 0.3 is 0 Å². The SMILES string of the molecule is CCOCCCN1C(=O)C(Nc2ccc(OC)c(Cl)c2)=C(c2ccc([N+](=O)[O-])cc2)C1=O. The number of imide groups is 1. The average Bonchev–Trinajstić information content (AvgIpc) is 3.01. The minimum absolute atomic E-state index is 0.0708. The Balaban J connectivity index is 1.97. The monoisotopic (exact) mass is 459 g/mol. The van der Waals surface area contributed by atoms with Crippen molar-refractivity contribution in [2.24, 2.45) is 0 Å². The molecule has 9 nitrogen and oxygen atoms in total. The largest absolute Gasteiger partial charge is 0.495 e. The lowest BCUT2D eigenvalue weighted by Crippen LogP contribution is -2.34. The van der Waals surface area contributed by atoms with Crippen LogP contribution in [-0.2, 0) is 14.3 Å². The van der Waals surface area contributed by atoms with Crippen LogP contribution < -0.4 is 10.1 Å². The molecule has 0 atom stereocenters. The van der Waals surface area contributed by atoms with Crippen LogP contribution in [0, 0.1) is 10.1 Å². The maximum Gasteiger partial charge on any atom is 0.278 e. The van der Waals surface area contributed by atoms with Crippen molar-refractivity contribution in [1.29, 1.82) is 0 Å². The molecule has 0 radical (unpaired) electrons. The first kappa shape index (κ1) is 23.2. The van der Waals surface area contributed by atoms with Gasteiger partial charge in [0.2, 0.25) is 0 Å². The standard InChI is InChI=1S/C22H22ClN3O6/c1-3-32-12-4-11-25-21(27)19(14-5-8-16(9-6-14)26(29)30)20(22(25)28)24-15-7-10-18(31-2)17(23)13-15/h5-10,13,24H,3-4,11-12H2,1-2H3. The fourth-order valence-electron chi connectivity index (χ4n) is 3.27. The minimum atomic E-state index is -0.529. The normalized spacial score (nSPS) is 13.7. The van der Waals surface area contributed by atoms with E-state index >= 15 is 0 Å². The lowest BCUT2D eigenvalue weighted by molar-refractivity contribution is -0.384. The van der Waals surface area contributed by atoms with Crippen LogP contribution in [0.2, 0.25) is 5.02 Å². The van der Waals surface area contributed by atoms with E-state index in [2.05, 4.69) is 5.32 Å². The summed E-state index contributed by atoms with van der Waals surface area (Å²) in [7, 11) is 1.49. The van der Waals surface area contributed by atoms with Gasteiger partial charge in [-0.3, -0.25) is 24.6 Å². The molecule has 1 N–H and O–H groups in total. The second-order valence-corrected chi connectivity index (χ2v) is 7.25. The molecule has 32 heavy (non-hydrogen) atoms. The molecule has 0 spiro atoms. The first-order valence-electron chi connectivity index (χ1n) is 9.91. The van der Waals surface area contributed by atoms with E-state index in [4.69, 9.17) is 21.1 Å². The number of rotatable bonds is 10. The van der Waals surface area contributed by atoms with E-state index in [0.29, 0.717) is 41.7 Å². The molecule has 0 fully saturated rings. The van der Waals surface area contributed by atoms with Crippen LogP contribution in [-0.4, -0.2) is 48.5 Å².